The third-order valence-electron chi connectivity index (χ3n) is 2.82. The maximum Gasteiger partial charge on any atom is 0.389 e. The summed E-state index contributed by atoms with van der Waals surface area (Å²) in [5.74, 6) is 0.906. The average molecular weight is 328 g/mol. The molecule has 0 aliphatic carbocycles. The van der Waals surface area contributed by atoms with Gasteiger partial charge in [0.05, 0.1) is 6.61 Å². The van der Waals surface area contributed by atoms with E-state index < -0.39 is 12.6 Å². The minimum atomic E-state index is -4.06. The number of thioether (sulfide) groups is 1. The van der Waals surface area contributed by atoms with E-state index in [0.717, 1.165) is 12.8 Å². The molecule has 0 aliphatic rings. The molecule has 0 amide bonds. The van der Waals surface area contributed by atoms with Gasteiger partial charge in [-0.25, -0.2) is 0 Å². The van der Waals surface area contributed by atoms with Gasteiger partial charge in [-0.2, -0.15) is 13.2 Å². The van der Waals surface area contributed by atoms with Crippen LogP contribution in [0, 0.1) is 5.92 Å². The Hall–Kier alpha value is -0.390. The molecular weight excluding hydrogens is 301 g/mol. The molecule has 0 spiro atoms. The number of esters is 1. The monoisotopic (exact) mass is 328 g/mol. The van der Waals surface area contributed by atoms with Gasteiger partial charge in [-0.15, -0.1) is 11.8 Å². The SMILES string of the molecule is CCCOC(=O)C(CC(C)C)SCCCCCC(F)(F)F. The quantitative estimate of drug-likeness (QED) is 0.385. The summed E-state index contributed by atoms with van der Waals surface area (Å²) in [6.45, 7) is 6.46. The topological polar surface area (TPSA) is 26.3 Å². The second-order valence-electron chi connectivity index (χ2n) is 5.58. The molecule has 0 saturated heterocycles. The number of carbonyl (C=O) groups is 1. The summed E-state index contributed by atoms with van der Waals surface area (Å²) in [5, 5.41) is -0.195. The van der Waals surface area contributed by atoms with Crippen LogP contribution in [0.1, 0.15) is 59.3 Å². The first-order valence-electron chi connectivity index (χ1n) is 7.61. The summed E-state index contributed by atoms with van der Waals surface area (Å²) in [4.78, 5) is 11.9. The first-order valence-corrected chi connectivity index (χ1v) is 8.66. The standard InChI is InChI=1S/C15H27F3O2S/c1-4-9-20-14(19)13(11-12(2)3)21-10-7-5-6-8-15(16,17)18/h12-13H,4-11H2,1-3H3. The van der Waals surface area contributed by atoms with Crippen LogP contribution in [0.4, 0.5) is 13.2 Å². The van der Waals surface area contributed by atoms with Gasteiger partial charge in [-0.3, -0.25) is 4.79 Å². The lowest BCUT2D eigenvalue weighted by atomic mass is 10.1. The number of rotatable bonds is 11. The molecule has 0 heterocycles. The molecule has 0 bridgehead atoms. The maximum absolute atomic E-state index is 12.0. The molecule has 0 aromatic rings. The maximum atomic E-state index is 12.0. The predicted molar refractivity (Wildman–Crippen MR) is 81.5 cm³/mol. The van der Waals surface area contributed by atoms with E-state index in [1.165, 1.54) is 11.8 Å². The van der Waals surface area contributed by atoms with Crippen molar-refractivity contribution >= 4 is 17.7 Å². The molecule has 1 unspecified atom stereocenters. The second-order valence-corrected chi connectivity index (χ2v) is 6.89. The molecule has 2 nitrogen and oxygen atoms in total. The van der Waals surface area contributed by atoms with Gasteiger partial charge in [0.25, 0.3) is 0 Å². The molecule has 1 atom stereocenters. The van der Waals surface area contributed by atoms with Crippen LogP contribution in [-0.4, -0.2) is 29.8 Å². The van der Waals surface area contributed by atoms with Crippen LogP contribution >= 0.6 is 11.8 Å². The van der Waals surface area contributed by atoms with Crippen LogP contribution in [0.15, 0.2) is 0 Å². The summed E-state index contributed by atoms with van der Waals surface area (Å²) >= 11 is 1.51. The summed E-state index contributed by atoms with van der Waals surface area (Å²) in [6.07, 6.45) is -1.82. The van der Waals surface area contributed by atoms with Gasteiger partial charge in [0, 0.05) is 6.42 Å². The molecule has 21 heavy (non-hydrogen) atoms. The Morgan fingerprint density at radius 2 is 1.86 bits per heavy atom. The van der Waals surface area contributed by atoms with Crippen LogP contribution in [0.5, 0.6) is 0 Å². The number of carbonyl (C=O) groups excluding carboxylic acids is 1. The van der Waals surface area contributed by atoms with E-state index in [1.807, 2.05) is 20.8 Å². The van der Waals surface area contributed by atoms with E-state index in [-0.39, 0.29) is 17.6 Å². The van der Waals surface area contributed by atoms with Gasteiger partial charge in [0.1, 0.15) is 5.25 Å². The summed E-state index contributed by atoms with van der Waals surface area (Å²) < 4.78 is 41.2. The van der Waals surface area contributed by atoms with Gasteiger partial charge < -0.3 is 4.74 Å². The zero-order chi connectivity index (χ0) is 16.3. The van der Waals surface area contributed by atoms with Crippen molar-refractivity contribution in [3.63, 3.8) is 0 Å². The Balaban J connectivity index is 3.93. The fraction of sp³-hybridized carbons (Fsp3) is 0.933. The van der Waals surface area contributed by atoms with E-state index in [9.17, 15) is 18.0 Å². The van der Waals surface area contributed by atoms with Crippen LogP contribution < -0.4 is 0 Å². The molecule has 0 rings (SSSR count). The highest BCUT2D eigenvalue weighted by Crippen LogP contribution is 2.25. The largest absolute Gasteiger partial charge is 0.465 e. The van der Waals surface area contributed by atoms with Gasteiger partial charge in [-0.1, -0.05) is 27.2 Å². The molecule has 126 valence electrons. The van der Waals surface area contributed by atoms with Crippen molar-refractivity contribution in [1.82, 2.24) is 0 Å². The van der Waals surface area contributed by atoms with E-state index in [1.54, 1.807) is 0 Å². The smallest absolute Gasteiger partial charge is 0.389 e. The number of hydrogen-bond donors (Lipinski definition) is 0. The van der Waals surface area contributed by atoms with Crippen molar-refractivity contribution < 1.29 is 22.7 Å². The van der Waals surface area contributed by atoms with Gasteiger partial charge in [-0.05, 0) is 37.4 Å². The zero-order valence-electron chi connectivity index (χ0n) is 13.2. The highest BCUT2D eigenvalue weighted by molar-refractivity contribution is 8.00. The van der Waals surface area contributed by atoms with Gasteiger partial charge >= 0.3 is 12.1 Å². The third-order valence-corrected chi connectivity index (χ3v) is 4.13. The van der Waals surface area contributed by atoms with E-state index >= 15 is 0 Å². The van der Waals surface area contributed by atoms with Crippen molar-refractivity contribution in [1.29, 1.82) is 0 Å². The summed E-state index contributed by atoms with van der Waals surface area (Å²) in [5.41, 5.74) is 0. The Bertz CT molecular complexity index is 281. The fourth-order valence-electron chi connectivity index (χ4n) is 1.79. The first-order chi connectivity index (χ1) is 9.76. The number of halogens is 3. The number of unbranched alkanes of at least 4 members (excludes halogenated alkanes) is 2. The molecule has 0 fully saturated rings. The van der Waals surface area contributed by atoms with Crippen molar-refractivity contribution in [2.75, 3.05) is 12.4 Å². The average Bonchev–Trinajstić information content (AvgIpc) is 2.36. The highest BCUT2D eigenvalue weighted by Gasteiger charge is 2.26. The first kappa shape index (κ1) is 20.6. The van der Waals surface area contributed by atoms with Gasteiger partial charge in [0.15, 0.2) is 0 Å². The molecule has 0 saturated carbocycles. The van der Waals surface area contributed by atoms with Crippen molar-refractivity contribution in [2.24, 2.45) is 5.92 Å². The van der Waals surface area contributed by atoms with Gasteiger partial charge in [0.2, 0.25) is 0 Å². The number of ether oxygens (including phenoxy) is 1. The Kier molecular flexibility index (Phi) is 11.0. The van der Waals surface area contributed by atoms with E-state index in [4.69, 9.17) is 4.74 Å². The molecule has 0 N–H and O–H groups in total. The highest BCUT2D eigenvalue weighted by atomic mass is 32.2. The Morgan fingerprint density at radius 1 is 1.19 bits per heavy atom. The lowest BCUT2D eigenvalue weighted by molar-refractivity contribution is -0.143. The van der Waals surface area contributed by atoms with E-state index in [0.29, 0.717) is 31.1 Å². The van der Waals surface area contributed by atoms with Crippen molar-refractivity contribution in [3.8, 4) is 0 Å². The minimum Gasteiger partial charge on any atom is -0.465 e. The number of hydrogen-bond acceptors (Lipinski definition) is 3. The van der Waals surface area contributed by atoms with Crippen LogP contribution in [0.2, 0.25) is 0 Å². The second kappa shape index (κ2) is 11.2. The summed E-state index contributed by atoms with van der Waals surface area (Å²) in [6, 6.07) is 0. The van der Waals surface area contributed by atoms with Crippen LogP contribution in [0.3, 0.4) is 0 Å². The number of alkyl halides is 3. The summed E-state index contributed by atoms with van der Waals surface area (Å²) in [7, 11) is 0. The van der Waals surface area contributed by atoms with Crippen LogP contribution in [0.25, 0.3) is 0 Å². The molecule has 0 aromatic heterocycles. The van der Waals surface area contributed by atoms with Crippen LogP contribution in [-0.2, 0) is 9.53 Å². The Morgan fingerprint density at radius 3 is 2.38 bits per heavy atom. The molecule has 0 aromatic carbocycles. The van der Waals surface area contributed by atoms with Crippen molar-refractivity contribution in [3.05, 3.63) is 0 Å². The third kappa shape index (κ3) is 13.0. The molecule has 0 aliphatic heterocycles. The molecular formula is C15H27F3O2S. The lowest BCUT2D eigenvalue weighted by Gasteiger charge is -2.17. The minimum absolute atomic E-state index is 0.166. The predicted octanol–water partition coefficient (Wildman–Crippen LogP) is 5.21. The zero-order valence-corrected chi connectivity index (χ0v) is 14.0. The lowest BCUT2D eigenvalue weighted by Crippen LogP contribution is -2.23. The Labute approximate surface area is 130 Å². The van der Waals surface area contributed by atoms with Crippen molar-refractivity contribution in [2.45, 2.75) is 70.7 Å². The molecule has 0 radical (unpaired) electrons. The van der Waals surface area contributed by atoms with E-state index in [2.05, 4.69) is 0 Å². The molecule has 6 heteroatoms. The fourth-order valence-corrected chi connectivity index (χ4v) is 3.17. The normalized spacial score (nSPS) is 13.5.